The monoisotopic (exact) mass is 234 g/mol. The summed E-state index contributed by atoms with van der Waals surface area (Å²) >= 11 is 0. The summed E-state index contributed by atoms with van der Waals surface area (Å²) in [6.07, 6.45) is 1.54. The molecule has 17 heavy (non-hydrogen) atoms. The van der Waals surface area contributed by atoms with Crippen molar-refractivity contribution >= 4 is 11.8 Å². The van der Waals surface area contributed by atoms with Crippen molar-refractivity contribution in [2.75, 3.05) is 6.54 Å². The van der Waals surface area contributed by atoms with Gasteiger partial charge >= 0.3 is 0 Å². The molecule has 0 spiro atoms. The second-order valence-electron chi connectivity index (χ2n) is 3.38. The first-order valence-electron chi connectivity index (χ1n) is 4.70. The highest BCUT2D eigenvalue weighted by Gasteiger charge is 2.08. The van der Waals surface area contributed by atoms with Gasteiger partial charge in [-0.25, -0.2) is 0 Å². The molecule has 7 heteroatoms. The van der Waals surface area contributed by atoms with Gasteiger partial charge < -0.3 is 5.11 Å². The van der Waals surface area contributed by atoms with Crippen LogP contribution in [0.2, 0.25) is 0 Å². The second-order valence-corrected chi connectivity index (χ2v) is 3.38. The zero-order valence-electron chi connectivity index (χ0n) is 9.07. The molecular weight excluding hydrogens is 224 g/mol. The average molecular weight is 234 g/mol. The van der Waals surface area contributed by atoms with E-state index < -0.39 is 4.92 Å². The number of phenols is 1. The lowest BCUT2D eigenvalue weighted by atomic mass is 10.1. The number of hydrogen-bond donors (Lipinski definition) is 1. The third kappa shape index (κ3) is 3.51. The Balaban J connectivity index is 3.08. The molecule has 0 radical (unpaired) electrons. The maximum atomic E-state index is 10.6. The van der Waals surface area contributed by atoms with Gasteiger partial charge in [-0.1, -0.05) is 16.8 Å². The van der Waals surface area contributed by atoms with Crippen molar-refractivity contribution in [1.82, 2.24) is 0 Å². The Bertz CT molecular complexity index is 518. The lowest BCUT2D eigenvalue weighted by Crippen LogP contribution is -1.89. The third-order valence-corrected chi connectivity index (χ3v) is 2.01. The Hall–Kier alpha value is -2.53. The molecule has 0 unspecified atom stereocenters. The van der Waals surface area contributed by atoms with Crippen LogP contribution >= 0.6 is 0 Å². The SMILES string of the molecule is C/C(=C\c1cc([N+](=O)[O-])ccc1O)CN=[N+]=[N-]. The van der Waals surface area contributed by atoms with Crippen molar-refractivity contribution in [1.29, 1.82) is 0 Å². The van der Waals surface area contributed by atoms with E-state index in [1.807, 2.05) is 0 Å². The number of nitro groups is 1. The predicted molar refractivity (Wildman–Crippen MR) is 62.4 cm³/mol. The Morgan fingerprint density at radius 3 is 3.00 bits per heavy atom. The molecule has 1 aromatic rings. The summed E-state index contributed by atoms with van der Waals surface area (Å²) in [7, 11) is 0. The molecule has 7 nitrogen and oxygen atoms in total. The van der Waals surface area contributed by atoms with Gasteiger partial charge in [0.05, 0.1) is 4.92 Å². The zero-order valence-corrected chi connectivity index (χ0v) is 9.07. The van der Waals surface area contributed by atoms with E-state index in [1.165, 1.54) is 24.3 Å². The molecule has 1 aromatic carbocycles. The van der Waals surface area contributed by atoms with Crippen LogP contribution in [0.25, 0.3) is 16.5 Å². The van der Waals surface area contributed by atoms with Gasteiger partial charge in [-0.15, -0.1) is 0 Å². The topological polar surface area (TPSA) is 112 Å². The zero-order chi connectivity index (χ0) is 12.8. The largest absolute Gasteiger partial charge is 0.507 e. The van der Waals surface area contributed by atoms with E-state index >= 15 is 0 Å². The molecule has 0 fully saturated rings. The molecule has 0 saturated carbocycles. The third-order valence-electron chi connectivity index (χ3n) is 2.01. The molecule has 0 atom stereocenters. The molecular formula is C10H10N4O3. The van der Waals surface area contributed by atoms with Crippen molar-refractivity contribution in [2.24, 2.45) is 5.11 Å². The van der Waals surface area contributed by atoms with Crippen LogP contribution in [0.1, 0.15) is 12.5 Å². The van der Waals surface area contributed by atoms with Gasteiger partial charge in [0.15, 0.2) is 0 Å². The Morgan fingerprint density at radius 1 is 1.71 bits per heavy atom. The van der Waals surface area contributed by atoms with Crippen LogP contribution in [0, 0.1) is 10.1 Å². The smallest absolute Gasteiger partial charge is 0.270 e. The molecule has 1 rings (SSSR count). The van der Waals surface area contributed by atoms with Crippen LogP contribution in [0.4, 0.5) is 5.69 Å². The first-order chi connectivity index (χ1) is 8.04. The lowest BCUT2D eigenvalue weighted by molar-refractivity contribution is -0.384. The summed E-state index contributed by atoms with van der Waals surface area (Å²) < 4.78 is 0. The van der Waals surface area contributed by atoms with E-state index in [1.54, 1.807) is 6.92 Å². The maximum absolute atomic E-state index is 10.6. The fraction of sp³-hybridized carbons (Fsp3) is 0.200. The normalized spacial score (nSPS) is 10.8. The lowest BCUT2D eigenvalue weighted by Gasteiger charge is -2.01. The number of nitro benzene ring substituents is 1. The van der Waals surface area contributed by atoms with Gasteiger partial charge in [-0.3, -0.25) is 10.1 Å². The van der Waals surface area contributed by atoms with E-state index in [0.29, 0.717) is 11.1 Å². The average Bonchev–Trinajstić information content (AvgIpc) is 2.29. The van der Waals surface area contributed by atoms with Crippen LogP contribution in [-0.4, -0.2) is 16.6 Å². The summed E-state index contributed by atoms with van der Waals surface area (Å²) in [6, 6.07) is 3.73. The number of non-ortho nitro benzene ring substituents is 1. The van der Waals surface area contributed by atoms with E-state index in [-0.39, 0.29) is 18.0 Å². The van der Waals surface area contributed by atoms with Crippen LogP contribution in [0.3, 0.4) is 0 Å². The predicted octanol–water partition coefficient (Wildman–Crippen LogP) is 3.01. The van der Waals surface area contributed by atoms with E-state index in [9.17, 15) is 15.2 Å². The van der Waals surface area contributed by atoms with Crippen molar-refractivity contribution in [3.63, 3.8) is 0 Å². The minimum atomic E-state index is -0.542. The Labute approximate surface area is 96.8 Å². The summed E-state index contributed by atoms with van der Waals surface area (Å²) in [5.74, 6) is -0.0594. The van der Waals surface area contributed by atoms with Gasteiger partial charge in [0.1, 0.15) is 5.75 Å². The van der Waals surface area contributed by atoms with E-state index in [0.717, 1.165) is 0 Å². The molecule has 0 aliphatic rings. The molecule has 0 aliphatic carbocycles. The minimum absolute atomic E-state index is 0.0594. The number of hydrogen-bond acceptors (Lipinski definition) is 4. The van der Waals surface area contributed by atoms with Gasteiger partial charge in [-0.05, 0) is 18.5 Å². The molecule has 0 saturated heterocycles. The van der Waals surface area contributed by atoms with Gasteiger partial charge in [0.25, 0.3) is 5.69 Å². The van der Waals surface area contributed by atoms with Crippen molar-refractivity contribution in [2.45, 2.75) is 6.92 Å². The molecule has 0 amide bonds. The number of nitrogens with zero attached hydrogens (tertiary/aromatic N) is 4. The highest BCUT2D eigenvalue weighted by Crippen LogP contribution is 2.25. The van der Waals surface area contributed by atoms with Crippen molar-refractivity contribution in [3.05, 3.63) is 49.9 Å². The fourth-order valence-electron chi connectivity index (χ4n) is 1.23. The standard InChI is InChI=1S/C10H10N4O3/c1-7(6-12-13-11)4-8-5-9(14(16)17)2-3-10(8)15/h2-5,15H,6H2,1H3/b7-4+. The number of azide groups is 1. The summed E-state index contributed by atoms with van der Waals surface area (Å²) in [5.41, 5.74) is 9.06. The van der Waals surface area contributed by atoms with E-state index in [4.69, 9.17) is 5.53 Å². The van der Waals surface area contributed by atoms with Crippen molar-refractivity contribution < 1.29 is 10.0 Å². The van der Waals surface area contributed by atoms with E-state index in [2.05, 4.69) is 10.0 Å². The second kappa shape index (κ2) is 5.53. The summed E-state index contributed by atoms with van der Waals surface area (Å²) in [6.45, 7) is 1.85. The molecule has 0 aromatic heterocycles. The quantitative estimate of drug-likeness (QED) is 0.284. The van der Waals surface area contributed by atoms with Gasteiger partial charge in [0, 0.05) is 29.2 Å². The minimum Gasteiger partial charge on any atom is -0.507 e. The molecule has 0 heterocycles. The summed E-state index contributed by atoms with van der Waals surface area (Å²) in [5, 5.41) is 23.4. The number of benzene rings is 1. The number of rotatable bonds is 4. The maximum Gasteiger partial charge on any atom is 0.270 e. The van der Waals surface area contributed by atoms with Crippen LogP contribution < -0.4 is 0 Å². The highest BCUT2D eigenvalue weighted by atomic mass is 16.6. The fourth-order valence-corrected chi connectivity index (χ4v) is 1.23. The number of aromatic hydroxyl groups is 1. The van der Waals surface area contributed by atoms with Crippen LogP contribution in [-0.2, 0) is 0 Å². The van der Waals surface area contributed by atoms with Crippen LogP contribution in [0.15, 0.2) is 28.9 Å². The highest BCUT2D eigenvalue weighted by molar-refractivity contribution is 5.62. The Kier molecular flexibility index (Phi) is 4.08. The molecule has 0 bridgehead atoms. The first kappa shape index (κ1) is 12.5. The molecule has 1 N–H and O–H groups in total. The molecule has 0 aliphatic heterocycles. The van der Waals surface area contributed by atoms with Crippen molar-refractivity contribution in [3.8, 4) is 5.75 Å². The number of phenolic OH excluding ortho intramolecular Hbond substituents is 1. The van der Waals surface area contributed by atoms with Crippen LogP contribution in [0.5, 0.6) is 5.75 Å². The first-order valence-corrected chi connectivity index (χ1v) is 4.70. The molecule has 88 valence electrons. The Morgan fingerprint density at radius 2 is 2.41 bits per heavy atom. The van der Waals surface area contributed by atoms with Gasteiger partial charge in [0.2, 0.25) is 0 Å². The summed E-state index contributed by atoms with van der Waals surface area (Å²) in [4.78, 5) is 12.6. The van der Waals surface area contributed by atoms with Gasteiger partial charge in [-0.2, -0.15) is 0 Å².